The van der Waals surface area contributed by atoms with Gasteiger partial charge in [-0.3, -0.25) is 0 Å². The molecule has 0 aliphatic carbocycles. The second kappa shape index (κ2) is 12.5. The normalized spacial score (nSPS) is 11.7. The van der Waals surface area contributed by atoms with E-state index in [1.54, 1.807) is 0 Å². The maximum absolute atomic E-state index is 2.43. The lowest BCUT2D eigenvalue weighted by molar-refractivity contribution is 0.688. The van der Waals surface area contributed by atoms with Crippen molar-refractivity contribution in [1.82, 2.24) is 0 Å². The van der Waals surface area contributed by atoms with E-state index in [9.17, 15) is 0 Å². The molecule has 2 nitrogen and oxygen atoms in total. The Hall–Kier alpha value is -4.30. The van der Waals surface area contributed by atoms with E-state index in [1.165, 1.54) is 45.0 Å². The van der Waals surface area contributed by atoms with Gasteiger partial charge in [0.05, 0.1) is 0 Å². The zero-order chi connectivity index (χ0) is 27.0. The van der Waals surface area contributed by atoms with E-state index in [2.05, 4.69) is 164 Å². The molecular formula is C37H38N2. The molecular weight excluding hydrogens is 472 g/mol. The van der Waals surface area contributed by atoms with Crippen molar-refractivity contribution >= 4 is 22.7 Å². The van der Waals surface area contributed by atoms with Crippen LogP contribution >= 0.6 is 0 Å². The summed E-state index contributed by atoms with van der Waals surface area (Å²) in [6, 6.07) is 48.6. The van der Waals surface area contributed by atoms with Gasteiger partial charge in [0.15, 0.2) is 0 Å². The van der Waals surface area contributed by atoms with Crippen molar-refractivity contribution in [1.29, 1.82) is 0 Å². The molecule has 5 rings (SSSR count). The molecule has 0 aliphatic heterocycles. The van der Waals surface area contributed by atoms with Crippen molar-refractivity contribution in [3.05, 3.63) is 133 Å². The van der Waals surface area contributed by atoms with Crippen LogP contribution in [-0.2, 0) is 0 Å². The highest BCUT2D eigenvalue weighted by molar-refractivity contribution is 5.74. The van der Waals surface area contributed by atoms with E-state index in [0.717, 1.165) is 19.4 Å². The van der Waals surface area contributed by atoms with Gasteiger partial charge in [0.2, 0.25) is 0 Å². The lowest BCUT2D eigenvalue weighted by Gasteiger charge is -2.31. The predicted molar refractivity (Wildman–Crippen MR) is 169 cm³/mol. The van der Waals surface area contributed by atoms with Crippen molar-refractivity contribution < 1.29 is 0 Å². The van der Waals surface area contributed by atoms with Gasteiger partial charge in [-0.05, 0) is 90.6 Å². The van der Waals surface area contributed by atoms with Crippen LogP contribution in [0.25, 0.3) is 22.3 Å². The Balaban J connectivity index is 1.33. The van der Waals surface area contributed by atoms with Gasteiger partial charge in [-0.25, -0.2) is 0 Å². The van der Waals surface area contributed by atoms with Gasteiger partial charge in [-0.2, -0.15) is 0 Å². The van der Waals surface area contributed by atoms with Gasteiger partial charge < -0.3 is 9.80 Å². The van der Waals surface area contributed by atoms with Crippen LogP contribution in [0.5, 0.6) is 0 Å². The molecule has 0 spiro atoms. The number of para-hydroxylation sites is 2. The minimum absolute atomic E-state index is 0.422. The minimum Gasteiger partial charge on any atom is -0.342 e. The minimum atomic E-state index is 0.422. The Labute approximate surface area is 234 Å². The topological polar surface area (TPSA) is 6.48 Å². The third kappa shape index (κ3) is 6.07. The molecule has 0 heterocycles. The third-order valence-electron chi connectivity index (χ3n) is 7.46. The van der Waals surface area contributed by atoms with Gasteiger partial charge in [0.1, 0.15) is 0 Å². The molecule has 0 bridgehead atoms. The number of hydrogen-bond acceptors (Lipinski definition) is 2. The summed E-state index contributed by atoms with van der Waals surface area (Å²) in [7, 11) is 0. The maximum Gasteiger partial charge on any atom is 0.0413 e. The van der Waals surface area contributed by atoms with Gasteiger partial charge >= 0.3 is 0 Å². The van der Waals surface area contributed by atoms with E-state index >= 15 is 0 Å². The number of benzene rings is 5. The van der Waals surface area contributed by atoms with E-state index in [4.69, 9.17) is 0 Å². The van der Waals surface area contributed by atoms with Crippen LogP contribution in [0.15, 0.2) is 133 Å². The first kappa shape index (κ1) is 26.3. The number of anilines is 4. The lowest BCUT2D eigenvalue weighted by atomic mass is 9.99. The molecule has 2 heteroatoms. The highest BCUT2D eigenvalue weighted by Crippen LogP contribution is 2.33. The van der Waals surface area contributed by atoms with Gasteiger partial charge in [0, 0.05) is 35.3 Å². The Kier molecular flexibility index (Phi) is 8.43. The fourth-order valence-corrected chi connectivity index (χ4v) is 5.17. The Bertz CT molecular complexity index is 1420. The average Bonchev–Trinajstić information content (AvgIpc) is 3.01. The monoisotopic (exact) mass is 510 g/mol. The third-order valence-corrected chi connectivity index (χ3v) is 7.46. The zero-order valence-corrected chi connectivity index (χ0v) is 23.3. The molecule has 0 saturated heterocycles. The summed E-state index contributed by atoms with van der Waals surface area (Å²) in [4.78, 5) is 4.81. The quantitative estimate of drug-likeness (QED) is 0.184. The molecule has 0 saturated carbocycles. The molecule has 0 aliphatic rings. The molecule has 0 aromatic heterocycles. The lowest BCUT2D eigenvalue weighted by Crippen LogP contribution is -2.27. The van der Waals surface area contributed by atoms with E-state index in [1.807, 2.05) is 0 Å². The van der Waals surface area contributed by atoms with Crippen molar-refractivity contribution in [3.63, 3.8) is 0 Å². The summed E-state index contributed by atoms with van der Waals surface area (Å²) < 4.78 is 0. The summed E-state index contributed by atoms with van der Waals surface area (Å²) in [5, 5.41) is 0. The second-order valence-electron chi connectivity index (χ2n) is 10.1. The first-order chi connectivity index (χ1) is 19.2. The van der Waals surface area contributed by atoms with Crippen molar-refractivity contribution in [2.24, 2.45) is 0 Å². The summed E-state index contributed by atoms with van der Waals surface area (Å²) in [6.45, 7) is 7.76. The molecule has 0 radical (unpaired) electrons. The first-order valence-electron chi connectivity index (χ1n) is 14.2. The van der Waals surface area contributed by atoms with E-state index in [0.29, 0.717) is 6.04 Å². The van der Waals surface area contributed by atoms with Crippen LogP contribution in [0.3, 0.4) is 0 Å². The number of hydrogen-bond donors (Lipinski definition) is 0. The van der Waals surface area contributed by atoms with E-state index in [-0.39, 0.29) is 0 Å². The summed E-state index contributed by atoms with van der Waals surface area (Å²) in [6.07, 6.45) is 2.18. The molecule has 39 heavy (non-hydrogen) atoms. The number of nitrogens with zero attached hydrogens (tertiary/aromatic N) is 2. The molecule has 5 aromatic carbocycles. The van der Waals surface area contributed by atoms with Crippen LogP contribution in [0.4, 0.5) is 22.7 Å². The molecule has 0 N–H and O–H groups in total. The SMILES string of the molecule is CCCN(c1ccccc1)c1ccc(-c2ccc(-c3ccc(N(c4ccccc4)C(C)CC)cc3)cc2)cc1. The Morgan fingerprint density at radius 1 is 0.462 bits per heavy atom. The standard InChI is InChI=1S/C37H38N2/c1-4-28-38(34-12-8-6-9-13-34)35-24-20-32(21-25-35)30-16-18-31(19-17-30)33-22-26-37(27-23-33)39(29(3)5-2)36-14-10-7-11-15-36/h6-27,29H,4-5,28H2,1-3H3. The number of rotatable bonds is 10. The smallest absolute Gasteiger partial charge is 0.0413 e. The Morgan fingerprint density at radius 3 is 1.26 bits per heavy atom. The van der Waals surface area contributed by atoms with Crippen LogP contribution in [0.1, 0.15) is 33.6 Å². The maximum atomic E-state index is 2.43. The second-order valence-corrected chi connectivity index (χ2v) is 10.1. The predicted octanol–water partition coefficient (Wildman–Crippen LogP) is 10.5. The van der Waals surface area contributed by atoms with Gasteiger partial charge in [-0.15, -0.1) is 0 Å². The summed E-state index contributed by atoms with van der Waals surface area (Å²) in [5.74, 6) is 0. The van der Waals surface area contributed by atoms with Crippen molar-refractivity contribution in [2.75, 3.05) is 16.3 Å². The van der Waals surface area contributed by atoms with Gasteiger partial charge in [0.25, 0.3) is 0 Å². The molecule has 0 amide bonds. The fourth-order valence-electron chi connectivity index (χ4n) is 5.17. The largest absolute Gasteiger partial charge is 0.342 e. The van der Waals surface area contributed by atoms with Crippen molar-refractivity contribution in [2.45, 2.75) is 39.7 Å². The van der Waals surface area contributed by atoms with Crippen LogP contribution in [0, 0.1) is 0 Å². The fraction of sp³-hybridized carbons (Fsp3) is 0.189. The summed E-state index contributed by atoms with van der Waals surface area (Å²) >= 11 is 0. The highest BCUT2D eigenvalue weighted by atomic mass is 15.2. The molecule has 5 aromatic rings. The van der Waals surface area contributed by atoms with Crippen molar-refractivity contribution in [3.8, 4) is 22.3 Å². The molecule has 1 atom stereocenters. The molecule has 196 valence electrons. The van der Waals surface area contributed by atoms with E-state index < -0.39 is 0 Å². The average molecular weight is 511 g/mol. The van der Waals surface area contributed by atoms with Gasteiger partial charge in [-0.1, -0.05) is 98.8 Å². The van der Waals surface area contributed by atoms with Crippen LogP contribution in [0.2, 0.25) is 0 Å². The molecule has 0 fully saturated rings. The zero-order valence-electron chi connectivity index (χ0n) is 23.3. The first-order valence-corrected chi connectivity index (χ1v) is 14.2. The summed E-state index contributed by atoms with van der Waals surface area (Å²) in [5.41, 5.74) is 9.85. The molecule has 1 unspecified atom stereocenters. The Morgan fingerprint density at radius 2 is 0.821 bits per heavy atom. The van der Waals surface area contributed by atoms with Crippen LogP contribution in [-0.4, -0.2) is 12.6 Å². The highest BCUT2D eigenvalue weighted by Gasteiger charge is 2.15. The van der Waals surface area contributed by atoms with Crippen LogP contribution < -0.4 is 9.80 Å².